The highest BCUT2D eigenvalue weighted by Crippen LogP contribution is 2.38. The molecule has 1 aliphatic carbocycles. The zero-order valence-electron chi connectivity index (χ0n) is 15.8. The van der Waals surface area contributed by atoms with Gasteiger partial charge in [-0.05, 0) is 36.5 Å². The van der Waals surface area contributed by atoms with E-state index in [2.05, 4.69) is 15.3 Å². The highest BCUT2D eigenvalue weighted by Gasteiger charge is 2.35. The molecule has 3 aromatic rings. The lowest BCUT2D eigenvalue weighted by Gasteiger charge is -2.38. The number of aliphatic hydroxyl groups is 1. The van der Waals surface area contributed by atoms with Gasteiger partial charge in [0, 0.05) is 25.2 Å². The fourth-order valence-corrected chi connectivity index (χ4v) is 3.73. The third-order valence-electron chi connectivity index (χ3n) is 5.37. The molecule has 146 valence electrons. The summed E-state index contributed by atoms with van der Waals surface area (Å²) < 4.78 is 7.11. The van der Waals surface area contributed by atoms with Gasteiger partial charge in [-0.15, -0.1) is 0 Å². The topological polar surface area (TPSA) is 89.3 Å². The summed E-state index contributed by atoms with van der Waals surface area (Å²) in [6.07, 6.45) is 4.94. The first-order chi connectivity index (χ1) is 13.6. The molecule has 1 aliphatic rings. The lowest BCUT2D eigenvalue weighted by molar-refractivity contribution is -0.123. The fourth-order valence-electron chi connectivity index (χ4n) is 3.73. The van der Waals surface area contributed by atoms with Crippen molar-refractivity contribution in [3.8, 4) is 5.88 Å². The smallest absolute Gasteiger partial charge is 0.222 e. The van der Waals surface area contributed by atoms with E-state index in [9.17, 15) is 9.90 Å². The normalized spacial score (nSPS) is 19.8. The van der Waals surface area contributed by atoms with Crippen LogP contribution in [-0.2, 0) is 11.3 Å². The van der Waals surface area contributed by atoms with Crippen molar-refractivity contribution in [3.05, 3.63) is 54.5 Å². The second kappa shape index (κ2) is 7.98. The van der Waals surface area contributed by atoms with Crippen LogP contribution in [0.4, 0.5) is 0 Å². The Kier molecular flexibility index (Phi) is 5.25. The maximum absolute atomic E-state index is 12.7. The molecule has 1 atom stereocenters. The predicted molar refractivity (Wildman–Crippen MR) is 105 cm³/mol. The van der Waals surface area contributed by atoms with Crippen LogP contribution in [0.1, 0.15) is 30.9 Å². The molecule has 1 aromatic carbocycles. The number of carbonyl (C=O) groups is 1. The summed E-state index contributed by atoms with van der Waals surface area (Å²) in [6, 6.07) is 11.4. The molecule has 0 radical (unpaired) electrons. The summed E-state index contributed by atoms with van der Waals surface area (Å²) in [4.78, 5) is 21.3. The molecule has 1 amide bonds. The molecule has 1 fully saturated rings. The molecule has 0 aliphatic heterocycles. The second-order valence-electron chi connectivity index (χ2n) is 7.24. The largest absolute Gasteiger partial charge is 0.481 e. The predicted octanol–water partition coefficient (Wildman–Crippen LogP) is 2.46. The Bertz CT molecular complexity index is 948. The molecular formula is C21H24N4O3. The number of pyridine rings is 1. The number of hydrogen-bond acceptors (Lipinski definition) is 5. The number of para-hydroxylation sites is 2. The lowest BCUT2D eigenvalue weighted by atomic mass is 9.75. The van der Waals surface area contributed by atoms with Gasteiger partial charge >= 0.3 is 0 Å². The van der Waals surface area contributed by atoms with Gasteiger partial charge in [0.05, 0.1) is 36.6 Å². The van der Waals surface area contributed by atoms with Crippen LogP contribution < -0.4 is 10.1 Å². The van der Waals surface area contributed by atoms with Crippen molar-refractivity contribution in [2.75, 3.05) is 7.11 Å². The highest BCUT2D eigenvalue weighted by molar-refractivity contribution is 5.78. The number of benzene rings is 1. The van der Waals surface area contributed by atoms with E-state index in [4.69, 9.17) is 4.74 Å². The molecule has 0 bridgehead atoms. The van der Waals surface area contributed by atoms with Crippen LogP contribution in [0.2, 0.25) is 0 Å². The number of methoxy groups -OCH3 is 1. The van der Waals surface area contributed by atoms with Crippen molar-refractivity contribution in [3.63, 3.8) is 0 Å². The number of rotatable bonds is 7. The molecular weight excluding hydrogens is 356 g/mol. The van der Waals surface area contributed by atoms with Crippen molar-refractivity contribution >= 4 is 16.9 Å². The van der Waals surface area contributed by atoms with Gasteiger partial charge in [0.25, 0.3) is 0 Å². The average Bonchev–Trinajstić information content (AvgIpc) is 3.12. The van der Waals surface area contributed by atoms with Crippen LogP contribution in [0, 0.1) is 5.92 Å². The number of ether oxygens (including phenoxy) is 1. The average molecular weight is 380 g/mol. The van der Waals surface area contributed by atoms with Crippen LogP contribution in [0.25, 0.3) is 11.0 Å². The van der Waals surface area contributed by atoms with Crippen LogP contribution >= 0.6 is 0 Å². The van der Waals surface area contributed by atoms with Gasteiger partial charge in [0.1, 0.15) is 0 Å². The summed E-state index contributed by atoms with van der Waals surface area (Å²) in [7, 11) is 1.57. The minimum absolute atomic E-state index is 0.0278. The second-order valence-corrected chi connectivity index (χ2v) is 7.24. The molecule has 0 saturated heterocycles. The fraction of sp³-hybridized carbons (Fsp3) is 0.381. The maximum atomic E-state index is 12.7. The summed E-state index contributed by atoms with van der Waals surface area (Å²) >= 11 is 0. The number of aromatic nitrogens is 3. The van der Waals surface area contributed by atoms with Crippen LogP contribution in [-0.4, -0.2) is 38.8 Å². The molecule has 4 rings (SSSR count). The Hall–Kier alpha value is -2.93. The van der Waals surface area contributed by atoms with E-state index >= 15 is 0 Å². The first-order valence-electron chi connectivity index (χ1n) is 9.51. The quantitative estimate of drug-likeness (QED) is 0.657. The third kappa shape index (κ3) is 3.84. The molecule has 1 unspecified atom stereocenters. The molecule has 2 heterocycles. The Balaban J connectivity index is 1.43. The summed E-state index contributed by atoms with van der Waals surface area (Å²) in [6.45, 7) is 0.563. The van der Waals surface area contributed by atoms with Gasteiger partial charge < -0.3 is 19.7 Å². The minimum atomic E-state index is -0.284. The van der Waals surface area contributed by atoms with E-state index in [1.807, 2.05) is 34.9 Å². The molecule has 1 saturated carbocycles. The monoisotopic (exact) mass is 380 g/mol. The van der Waals surface area contributed by atoms with Crippen molar-refractivity contribution in [2.24, 2.45) is 5.92 Å². The van der Waals surface area contributed by atoms with Crippen LogP contribution in [0.15, 0.2) is 48.9 Å². The van der Waals surface area contributed by atoms with E-state index in [1.165, 1.54) is 0 Å². The molecule has 28 heavy (non-hydrogen) atoms. The Morgan fingerprint density at radius 2 is 2.11 bits per heavy atom. The summed E-state index contributed by atoms with van der Waals surface area (Å²) in [5, 5.41) is 12.8. The van der Waals surface area contributed by atoms with E-state index in [0.29, 0.717) is 31.7 Å². The molecule has 7 nitrogen and oxygen atoms in total. The standard InChI is InChI=1S/C21H24N4O3/c1-28-20-7-6-14(12-22-20)21(15-10-16(26)11-15)24-19(27)8-9-25-13-23-17-4-2-3-5-18(17)25/h2-7,12-13,15-16,21,26H,8-11H2,1H3,(H,24,27). The zero-order valence-corrected chi connectivity index (χ0v) is 15.8. The Morgan fingerprint density at radius 1 is 1.29 bits per heavy atom. The van der Waals surface area contributed by atoms with Crippen molar-refractivity contribution in [1.29, 1.82) is 0 Å². The van der Waals surface area contributed by atoms with Gasteiger partial charge in [0.2, 0.25) is 11.8 Å². The molecule has 7 heteroatoms. The highest BCUT2D eigenvalue weighted by atomic mass is 16.5. The number of nitrogens with one attached hydrogen (secondary N) is 1. The Labute approximate surface area is 163 Å². The number of aryl methyl sites for hydroxylation is 1. The zero-order chi connectivity index (χ0) is 19.5. The Morgan fingerprint density at radius 3 is 2.82 bits per heavy atom. The van der Waals surface area contributed by atoms with Crippen LogP contribution in [0.5, 0.6) is 5.88 Å². The summed E-state index contributed by atoms with van der Waals surface area (Å²) in [5.41, 5.74) is 2.88. The van der Waals surface area contributed by atoms with Crippen molar-refractivity contribution in [1.82, 2.24) is 19.9 Å². The number of fused-ring (bicyclic) bond motifs is 1. The van der Waals surface area contributed by atoms with Gasteiger partial charge in [-0.2, -0.15) is 0 Å². The SMILES string of the molecule is COc1ccc(C(NC(=O)CCn2cnc3ccccc32)C2CC(O)C2)cn1. The van der Waals surface area contributed by atoms with Crippen LogP contribution in [0.3, 0.4) is 0 Å². The van der Waals surface area contributed by atoms with Gasteiger partial charge in [-0.1, -0.05) is 18.2 Å². The molecule has 0 spiro atoms. The number of hydrogen-bond donors (Lipinski definition) is 2. The third-order valence-corrected chi connectivity index (χ3v) is 5.37. The molecule has 2 N–H and O–H groups in total. The number of amides is 1. The van der Waals surface area contributed by atoms with E-state index < -0.39 is 0 Å². The van der Waals surface area contributed by atoms with E-state index in [-0.39, 0.29) is 24.0 Å². The number of imidazole rings is 1. The van der Waals surface area contributed by atoms with E-state index in [1.54, 1.807) is 25.7 Å². The first kappa shape index (κ1) is 18.4. The summed E-state index contributed by atoms with van der Waals surface area (Å²) in [5.74, 6) is 0.720. The first-order valence-corrected chi connectivity index (χ1v) is 9.51. The molecule has 2 aromatic heterocycles. The lowest BCUT2D eigenvalue weighted by Crippen LogP contribution is -2.41. The van der Waals surface area contributed by atoms with Gasteiger partial charge in [0.15, 0.2) is 0 Å². The maximum Gasteiger partial charge on any atom is 0.222 e. The minimum Gasteiger partial charge on any atom is -0.481 e. The van der Waals surface area contributed by atoms with Crippen molar-refractivity contribution < 1.29 is 14.6 Å². The number of aliphatic hydroxyl groups excluding tert-OH is 1. The van der Waals surface area contributed by atoms with Crippen molar-refractivity contribution in [2.45, 2.75) is 38.0 Å². The number of carbonyl (C=O) groups excluding carboxylic acids is 1. The van der Waals surface area contributed by atoms with Gasteiger partial charge in [-0.3, -0.25) is 4.79 Å². The van der Waals surface area contributed by atoms with Gasteiger partial charge in [-0.25, -0.2) is 9.97 Å². The van der Waals surface area contributed by atoms with E-state index in [0.717, 1.165) is 16.6 Å². The number of nitrogens with zero attached hydrogens (tertiary/aromatic N) is 3.